The van der Waals surface area contributed by atoms with Gasteiger partial charge in [-0.15, -0.1) is 0 Å². The zero-order valence-corrected chi connectivity index (χ0v) is 20.6. The Labute approximate surface area is 214 Å². The molecule has 2 atom stereocenters. The quantitative estimate of drug-likeness (QED) is 0.316. The van der Waals surface area contributed by atoms with Gasteiger partial charge in [-0.2, -0.15) is 5.10 Å². The van der Waals surface area contributed by atoms with Crippen molar-refractivity contribution in [3.63, 3.8) is 0 Å². The Bertz CT molecular complexity index is 1500. The lowest BCUT2D eigenvalue weighted by Gasteiger charge is -2.34. The molecule has 2 aromatic heterocycles. The number of aromatic amines is 1. The van der Waals surface area contributed by atoms with Crippen molar-refractivity contribution >= 4 is 39.8 Å². The van der Waals surface area contributed by atoms with Crippen LogP contribution in [0.3, 0.4) is 0 Å². The first-order chi connectivity index (χ1) is 17.2. The van der Waals surface area contributed by atoms with Crippen molar-refractivity contribution < 1.29 is 13.9 Å². The van der Waals surface area contributed by atoms with Gasteiger partial charge in [0.25, 0.3) is 5.56 Å². The van der Waals surface area contributed by atoms with E-state index in [2.05, 4.69) is 20.5 Å². The van der Waals surface area contributed by atoms with Gasteiger partial charge in [-0.3, -0.25) is 19.4 Å². The first-order valence-corrected chi connectivity index (χ1v) is 12.0. The van der Waals surface area contributed by atoms with E-state index in [0.29, 0.717) is 25.2 Å². The van der Waals surface area contributed by atoms with Crippen LogP contribution in [-0.4, -0.2) is 49.1 Å². The van der Waals surface area contributed by atoms with Crippen LogP contribution < -0.4 is 10.9 Å². The van der Waals surface area contributed by atoms with Gasteiger partial charge < -0.3 is 10.4 Å². The molecule has 1 aliphatic rings. The number of aromatic nitrogens is 4. The molecule has 5 rings (SSSR count). The number of aliphatic hydroxyl groups is 1. The van der Waals surface area contributed by atoms with E-state index in [-0.39, 0.29) is 38.7 Å². The van der Waals surface area contributed by atoms with Crippen molar-refractivity contribution in [2.24, 2.45) is 0 Å². The van der Waals surface area contributed by atoms with Crippen molar-refractivity contribution in [3.05, 3.63) is 80.5 Å². The number of rotatable bonds is 6. The van der Waals surface area contributed by atoms with Crippen LogP contribution in [-0.2, 0) is 5.54 Å². The predicted octanol–water partition coefficient (Wildman–Crippen LogP) is 4.44. The molecule has 8 nitrogen and oxygen atoms in total. The number of hydrogen-bond donors (Lipinski definition) is 3. The highest BCUT2D eigenvalue weighted by Gasteiger charge is 2.45. The van der Waals surface area contributed by atoms with Crippen LogP contribution in [0.5, 0.6) is 0 Å². The lowest BCUT2D eigenvalue weighted by atomic mass is 9.87. The second kappa shape index (κ2) is 9.44. The average molecular weight is 535 g/mol. The third-order valence-corrected chi connectivity index (χ3v) is 7.36. The molecule has 12 heteroatoms. The summed E-state index contributed by atoms with van der Waals surface area (Å²) in [4.78, 5) is 19.1. The molecule has 4 aromatic rings. The number of fused-ring (bicyclic) bond motifs is 1. The molecule has 1 fully saturated rings. The number of nitrogens with zero attached hydrogens (tertiary/aromatic N) is 4. The molecule has 1 aliphatic heterocycles. The van der Waals surface area contributed by atoms with E-state index in [1.54, 1.807) is 11.0 Å². The summed E-state index contributed by atoms with van der Waals surface area (Å²) in [7, 11) is 0. The molecule has 2 aromatic carbocycles. The summed E-state index contributed by atoms with van der Waals surface area (Å²) >= 11 is 12.7. The lowest BCUT2D eigenvalue weighted by Crippen LogP contribution is -2.42. The molecular weight excluding hydrogens is 513 g/mol. The normalized spacial score (nSPS) is 19.2. The van der Waals surface area contributed by atoms with Crippen molar-refractivity contribution in [1.29, 1.82) is 0 Å². The monoisotopic (exact) mass is 534 g/mol. The Hall–Kier alpha value is -3.05. The number of benzene rings is 2. The number of nitrogens with one attached hydrogen (secondary N) is 2. The van der Waals surface area contributed by atoms with Crippen LogP contribution in [0.25, 0.3) is 16.7 Å². The van der Waals surface area contributed by atoms with Crippen LogP contribution in [0.2, 0.25) is 10.0 Å². The minimum atomic E-state index is -1.16. The molecule has 1 saturated heterocycles. The number of H-pyrrole nitrogens is 1. The average Bonchev–Trinajstić information content (AvgIpc) is 3.53. The third-order valence-electron chi connectivity index (χ3n) is 6.55. The van der Waals surface area contributed by atoms with Crippen LogP contribution in [0.1, 0.15) is 25.3 Å². The van der Waals surface area contributed by atoms with E-state index in [1.165, 1.54) is 41.4 Å². The number of likely N-dealkylation sites (tertiary alicyclic amines) is 1. The van der Waals surface area contributed by atoms with Crippen molar-refractivity contribution in [1.82, 2.24) is 24.6 Å². The lowest BCUT2D eigenvalue weighted by molar-refractivity contribution is 0.0146. The zero-order valence-electron chi connectivity index (χ0n) is 19.1. The second-order valence-electron chi connectivity index (χ2n) is 8.75. The largest absolute Gasteiger partial charge is 0.378 e. The summed E-state index contributed by atoms with van der Waals surface area (Å²) < 4.78 is 31.6. The van der Waals surface area contributed by atoms with Crippen molar-refractivity contribution in [3.8, 4) is 5.82 Å². The maximum Gasteiger partial charge on any atom is 0.267 e. The summed E-state index contributed by atoms with van der Waals surface area (Å²) in [6.45, 7) is 2.43. The molecule has 36 heavy (non-hydrogen) atoms. The maximum absolute atomic E-state index is 15.2. The highest BCUT2D eigenvalue weighted by atomic mass is 35.5. The molecule has 0 saturated carbocycles. The molecule has 0 radical (unpaired) electrons. The zero-order chi connectivity index (χ0) is 25.6. The maximum atomic E-state index is 15.2. The number of halogens is 4. The molecule has 0 aliphatic carbocycles. The van der Waals surface area contributed by atoms with E-state index in [0.717, 1.165) is 0 Å². The van der Waals surface area contributed by atoms with Gasteiger partial charge in [-0.1, -0.05) is 30.1 Å². The molecule has 3 heterocycles. The van der Waals surface area contributed by atoms with Gasteiger partial charge >= 0.3 is 0 Å². The Morgan fingerprint density at radius 2 is 2.06 bits per heavy atom. The van der Waals surface area contributed by atoms with Gasteiger partial charge in [0, 0.05) is 30.4 Å². The standard InChI is InChI=1S/C24H22Cl2F2N6O2/c1-2-19(35)33-8-6-24(11-33,20-16(27)4-3-15(25)21(20)26)31-13-9-14-22(17(28)10-13)29-12-34(23(14)36)18-5-7-30-32-18/h3-5,7,9-10,12,19,31,35H,2,6,8,11H2,1H3,(H,30,32)/t19?,24-/m1/s1. The van der Waals surface area contributed by atoms with E-state index >= 15 is 8.78 Å². The molecule has 188 valence electrons. The number of aliphatic hydroxyl groups excluding tert-OH is 1. The molecule has 0 amide bonds. The van der Waals surface area contributed by atoms with Crippen molar-refractivity contribution in [2.75, 3.05) is 18.4 Å². The van der Waals surface area contributed by atoms with Gasteiger partial charge in [0.2, 0.25) is 0 Å². The first-order valence-electron chi connectivity index (χ1n) is 11.3. The summed E-state index contributed by atoms with van der Waals surface area (Å²) in [5, 5.41) is 20.4. The fourth-order valence-corrected chi connectivity index (χ4v) is 5.27. The predicted molar refractivity (Wildman–Crippen MR) is 134 cm³/mol. The highest BCUT2D eigenvalue weighted by Crippen LogP contribution is 2.43. The number of hydrogen-bond acceptors (Lipinski definition) is 6. The molecular formula is C24H22Cl2F2N6O2. The van der Waals surface area contributed by atoms with E-state index in [1.807, 2.05) is 6.92 Å². The number of anilines is 1. The smallest absolute Gasteiger partial charge is 0.267 e. The molecule has 0 spiro atoms. The summed E-state index contributed by atoms with van der Waals surface area (Å²) in [5.41, 5.74) is -1.43. The Morgan fingerprint density at radius 3 is 2.78 bits per heavy atom. The van der Waals surface area contributed by atoms with Gasteiger partial charge in [0.1, 0.15) is 29.7 Å². The highest BCUT2D eigenvalue weighted by molar-refractivity contribution is 6.42. The molecule has 0 bridgehead atoms. The van der Waals surface area contributed by atoms with Crippen LogP contribution in [0.4, 0.5) is 14.5 Å². The van der Waals surface area contributed by atoms with Crippen molar-refractivity contribution in [2.45, 2.75) is 31.5 Å². The second-order valence-corrected chi connectivity index (χ2v) is 9.54. The van der Waals surface area contributed by atoms with Crippen LogP contribution in [0.15, 0.2) is 47.7 Å². The van der Waals surface area contributed by atoms with Gasteiger partial charge in [0.05, 0.1) is 27.2 Å². The van der Waals surface area contributed by atoms with Crippen LogP contribution >= 0.6 is 23.2 Å². The minimum Gasteiger partial charge on any atom is -0.378 e. The van der Waals surface area contributed by atoms with E-state index < -0.39 is 29.0 Å². The Balaban J connectivity index is 1.65. The Kier molecular flexibility index (Phi) is 6.46. The minimum absolute atomic E-state index is 0.0193. The SMILES string of the molecule is CCC(O)N1CC[C@](Nc2cc(F)c3ncn(-c4ccn[nH]4)c(=O)c3c2)(c2c(F)ccc(Cl)c2Cl)C1. The molecule has 1 unspecified atom stereocenters. The third kappa shape index (κ3) is 4.13. The Morgan fingerprint density at radius 1 is 1.25 bits per heavy atom. The summed E-state index contributed by atoms with van der Waals surface area (Å²) in [6, 6.07) is 6.84. The van der Waals surface area contributed by atoms with E-state index in [9.17, 15) is 9.90 Å². The summed E-state index contributed by atoms with van der Waals surface area (Å²) in [5.74, 6) is -0.938. The fraction of sp³-hybridized carbons (Fsp3) is 0.292. The van der Waals surface area contributed by atoms with Gasteiger partial charge in [-0.25, -0.2) is 13.8 Å². The van der Waals surface area contributed by atoms with Gasteiger partial charge in [0.15, 0.2) is 5.82 Å². The first kappa shape index (κ1) is 24.6. The molecule has 3 N–H and O–H groups in total. The topological polar surface area (TPSA) is 99.1 Å². The van der Waals surface area contributed by atoms with Crippen LogP contribution in [0, 0.1) is 11.6 Å². The fourth-order valence-electron chi connectivity index (χ4n) is 4.78. The summed E-state index contributed by atoms with van der Waals surface area (Å²) in [6.07, 6.45) is 2.75. The van der Waals surface area contributed by atoms with E-state index in [4.69, 9.17) is 23.2 Å². The van der Waals surface area contributed by atoms with Gasteiger partial charge in [-0.05, 0) is 37.1 Å².